The highest BCUT2D eigenvalue weighted by molar-refractivity contribution is 7.98. The summed E-state index contributed by atoms with van der Waals surface area (Å²) in [7, 11) is 2.60. The minimum atomic E-state index is -1.09. The first kappa shape index (κ1) is 16.6. The number of nitrogens with one attached hydrogen (secondary N) is 1. The van der Waals surface area contributed by atoms with Crippen molar-refractivity contribution in [1.82, 2.24) is 10.2 Å². The molecule has 0 aliphatic carbocycles. The van der Waals surface area contributed by atoms with E-state index >= 15 is 0 Å². The van der Waals surface area contributed by atoms with Gasteiger partial charge < -0.3 is 20.1 Å². The zero-order valence-electron chi connectivity index (χ0n) is 10.6. The highest BCUT2D eigenvalue weighted by Crippen LogP contribution is 2.01. The first-order chi connectivity index (χ1) is 8.42. The van der Waals surface area contributed by atoms with Gasteiger partial charge in [-0.05, 0) is 18.4 Å². The number of rotatable bonds is 7. The van der Waals surface area contributed by atoms with Crippen LogP contribution >= 0.6 is 11.8 Å². The zero-order chi connectivity index (χ0) is 14.1. The number of carboxylic acids is 1. The number of aliphatic carboxylic acids is 1. The van der Waals surface area contributed by atoms with Crippen molar-refractivity contribution in [1.29, 1.82) is 0 Å². The maximum Gasteiger partial charge on any atom is 0.326 e. The number of urea groups is 1. The van der Waals surface area contributed by atoms with Crippen LogP contribution < -0.4 is 5.32 Å². The summed E-state index contributed by atoms with van der Waals surface area (Å²) in [5.41, 5.74) is 0. The molecule has 0 aliphatic heterocycles. The number of methoxy groups -OCH3 is 1. The number of ether oxygens (including phenoxy) is 1. The zero-order valence-corrected chi connectivity index (χ0v) is 11.5. The summed E-state index contributed by atoms with van der Waals surface area (Å²) in [5, 5.41) is 11.3. The van der Waals surface area contributed by atoms with E-state index in [-0.39, 0.29) is 6.54 Å². The first-order valence-corrected chi connectivity index (χ1v) is 6.62. The van der Waals surface area contributed by atoms with Crippen LogP contribution in [0.4, 0.5) is 4.79 Å². The average molecular weight is 278 g/mol. The minimum Gasteiger partial charge on any atom is -0.480 e. The van der Waals surface area contributed by atoms with Crippen molar-refractivity contribution in [3.63, 3.8) is 0 Å². The van der Waals surface area contributed by atoms with Gasteiger partial charge >= 0.3 is 18.0 Å². The Labute approximate surface area is 110 Å². The maximum atomic E-state index is 11.6. The molecule has 0 rings (SSSR count). The van der Waals surface area contributed by atoms with Crippen molar-refractivity contribution in [2.24, 2.45) is 0 Å². The fourth-order valence-corrected chi connectivity index (χ4v) is 1.55. The van der Waals surface area contributed by atoms with E-state index < -0.39 is 24.0 Å². The van der Waals surface area contributed by atoms with Gasteiger partial charge in [-0.3, -0.25) is 4.79 Å². The van der Waals surface area contributed by atoms with E-state index in [4.69, 9.17) is 5.11 Å². The number of likely N-dealkylation sites (N-methyl/N-ethyl adjacent to an activating group) is 1. The molecule has 7 nitrogen and oxygen atoms in total. The maximum absolute atomic E-state index is 11.6. The van der Waals surface area contributed by atoms with Crippen LogP contribution in [0, 0.1) is 0 Å². The fraction of sp³-hybridized carbons (Fsp3) is 0.700. The second-order valence-corrected chi connectivity index (χ2v) is 4.54. The predicted molar refractivity (Wildman–Crippen MR) is 67.6 cm³/mol. The summed E-state index contributed by atoms with van der Waals surface area (Å²) in [6, 6.07) is -1.57. The molecule has 0 aromatic heterocycles. The lowest BCUT2D eigenvalue weighted by atomic mass is 10.2. The number of hydrogen-bond donors (Lipinski definition) is 2. The molecular weight excluding hydrogens is 260 g/mol. The van der Waals surface area contributed by atoms with Crippen LogP contribution in [0.2, 0.25) is 0 Å². The van der Waals surface area contributed by atoms with Crippen LogP contribution in [-0.4, -0.2) is 66.7 Å². The third kappa shape index (κ3) is 6.33. The first-order valence-electron chi connectivity index (χ1n) is 5.22. The summed E-state index contributed by atoms with van der Waals surface area (Å²) in [4.78, 5) is 34.5. The second-order valence-electron chi connectivity index (χ2n) is 3.55. The molecule has 0 heterocycles. The SMILES string of the molecule is COC(=O)CN(C)C(=O)N[C@@H](CCSC)C(=O)O. The molecule has 2 amide bonds. The Morgan fingerprint density at radius 1 is 1.44 bits per heavy atom. The molecule has 104 valence electrons. The Kier molecular flexibility index (Phi) is 7.93. The molecule has 18 heavy (non-hydrogen) atoms. The molecular formula is C10H18N2O5S. The largest absolute Gasteiger partial charge is 0.480 e. The molecule has 0 bridgehead atoms. The van der Waals surface area contributed by atoms with Gasteiger partial charge in [0.05, 0.1) is 7.11 Å². The molecule has 0 aromatic rings. The highest BCUT2D eigenvalue weighted by Gasteiger charge is 2.22. The van der Waals surface area contributed by atoms with Gasteiger partial charge in [0, 0.05) is 7.05 Å². The number of carbonyl (C=O) groups excluding carboxylic acids is 2. The van der Waals surface area contributed by atoms with Crippen molar-refractivity contribution in [2.75, 3.05) is 32.7 Å². The van der Waals surface area contributed by atoms with Crippen molar-refractivity contribution < 1.29 is 24.2 Å². The lowest BCUT2D eigenvalue weighted by molar-refractivity contribution is -0.141. The van der Waals surface area contributed by atoms with E-state index in [0.717, 1.165) is 4.90 Å². The number of carboxylic acid groups (broad SMARTS) is 1. The summed E-state index contributed by atoms with van der Waals surface area (Å²) < 4.78 is 4.41. The Bertz CT molecular complexity index is 311. The molecule has 0 saturated carbocycles. The van der Waals surface area contributed by atoms with Crippen LogP contribution in [0.3, 0.4) is 0 Å². The summed E-state index contributed by atoms with van der Waals surface area (Å²) >= 11 is 1.49. The van der Waals surface area contributed by atoms with Crippen LogP contribution in [0.25, 0.3) is 0 Å². The van der Waals surface area contributed by atoms with E-state index in [2.05, 4.69) is 10.1 Å². The monoisotopic (exact) mass is 278 g/mol. The summed E-state index contributed by atoms with van der Waals surface area (Å²) in [5.74, 6) is -1.04. The van der Waals surface area contributed by atoms with Gasteiger partial charge in [0.2, 0.25) is 0 Å². The van der Waals surface area contributed by atoms with Crippen molar-refractivity contribution in [3.05, 3.63) is 0 Å². The summed E-state index contributed by atoms with van der Waals surface area (Å²) in [6.07, 6.45) is 2.18. The Hall–Kier alpha value is -1.44. The molecule has 1 atom stereocenters. The van der Waals surface area contributed by atoms with Gasteiger partial charge in [0.1, 0.15) is 12.6 Å². The molecule has 0 fully saturated rings. The average Bonchev–Trinajstić information content (AvgIpc) is 2.33. The Morgan fingerprint density at radius 3 is 2.50 bits per heavy atom. The van der Waals surface area contributed by atoms with Crippen LogP contribution in [-0.2, 0) is 14.3 Å². The molecule has 0 aromatic carbocycles. The molecule has 0 unspecified atom stereocenters. The van der Waals surface area contributed by atoms with E-state index in [1.807, 2.05) is 6.26 Å². The quantitative estimate of drug-likeness (QED) is 0.637. The molecule has 8 heteroatoms. The van der Waals surface area contributed by atoms with Gasteiger partial charge in [-0.15, -0.1) is 0 Å². The normalized spacial score (nSPS) is 11.5. The predicted octanol–water partition coefficient (Wildman–Crippen LogP) is 0.00710. The number of nitrogens with zero attached hydrogens (tertiary/aromatic N) is 1. The number of thioether (sulfide) groups is 1. The smallest absolute Gasteiger partial charge is 0.326 e. The molecule has 0 saturated heterocycles. The fourth-order valence-electron chi connectivity index (χ4n) is 1.08. The number of carbonyl (C=O) groups is 3. The van der Waals surface area contributed by atoms with Gasteiger partial charge in [0.25, 0.3) is 0 Å². The Balaban J connectivity index is 4.31. The molecule has 2 N–H and O–H groups in total. The van der Waals surface area contributed by atoms with Gasteiger partial charge in [-0.1, -0.05) is 0 Å². The molecule has 0 spiro atoms. The van der Waals surface area contributed by atoms with Gasteiger partial charge in [0.15, 0.2) is 0 Å². The molecule has 0 aliphatic rings. The van der Waals surface area contributed by atoms with Crippen molar-refractivity contribution in [2.45, 2.75) is 12.5 Å². The van der Waals surface area contributed by atoms with Gasteiger partial charge in [-0.25, -0.2) is 9.59 Å². The van der Waals surface area contributed by atoms with E-state index in [9.17, 15) is 14.4 Å². The Morgan fingerprint density at radius 2 is 2.06 bits per heavy atom. The van der Waals surface area contributed by atoms with Crippen LogP contribution in [0.1, 0.15) is 6.42 Å². The van der Waals surface area contributed by atoms with Gasteiger partial charge in [-0.2, -0.15) is 11.8 Å². The lowest BCUT2D eigenvalue weighted by Gasteiger charge is -2.20. The standard InChI is InChI=1S/C10H18N2O5S/c1-12(6-8(13)17-2)10(16)11-7(9(14)15)4-5-18-3/h7H,4-6H2,1-3H3,(H,11,16)(H,14,15)/t7-/m0/s1. The van der Waals surface area contributed by atoms with E-state index in [0.29, 0.717) is 12.2 Å². The third-order valence-electron chi connectivity index (χ3n) is 2.15. The van der Waals surface area contributed by atoms with E-state index in [1.54, 1.807) is 0 Å². The highest BCUT2D eigenvalue weighted by atomic mass is 32.2. The van der Waals surface area contributed by atoms with Crippen LogP contribution in [0.15, 0.2) is 0 Å². The number of esters is 1. The molecule has 0 radical (unpaired) electrons. The van der Waals surface area contributed by atoms with Crippen LogP contribution in [0.5, 0.6) is 0 Å². The van der Waals surface area contributed by atoms with E-state index in [1.165, 1.54) is 25.9 Å². The third-order valence-corrected chi connectivity index (χ3v) is 2.79. The van der Waals surface area contributed by atoms with Crippen molar-refractivity contribution in [3.8, 4) is 0 Å². The summed E-state index contributed by atoms with van der Waals surface area (Å²) in [6.45, 7) is -0.225. The minimum absolute atomic E-state index is 0.225. The second kappa shape index (κ2) is 8.62. The number of amides is 2. The topological polar surface area (TPSA) is 95.9 Å². The lowest BCUT2D eigenvalue weighted by Crippen LogP contribution is -2.48. The van der Waals surface area contributed by atoms with Crippen molar-refractivity contribution >= 4 is 29.7 Å². The number of hydrogen-bond acceptors (Lipinski definition) is 5.